The lowest BCUT2D eigenvalue weighted by Gasteiger charge is -2.24. The molecule has 0 aromatic carbocycles. The summed E-state index contributed by atoms with van der Waals surface area (Å²) in [7, 11) is 1.44. The number of ether oxygens (including phenoxy) is 3. The number of pyridine rings is 1. The molecule has 4 unspecified atom stereocenters. The molecule has 2 saturated heterocycles. The second-order valence-electron chi connectivity index (χ2n) is 9.06. The zero-order valence-corrected chi connectivity index (χ0v) is 27.1. The predicted molar refractivity (Wildman–Crippen MR) is 168 cm³/mol. The molecule has 4 aliphatic rings. The van der Waals surface area contributed by atoms with E-state index in [-0.39, 0.29) is 22.9 Å². The van der Waals surface area contributed by atoms with Gasteiger partial charge in [-0.2, -0.15) is 0 Å². The minimum atomic E-state index is -2.65. The third-order valence-corrected chi connectivity index (χ3v) is 7.26. The van der Waals surface area contributed by atoms with Crippen LogP contribution in [0.3, 0.4) is 0 Å². The zero-order valence-electron chi connectivity index (χ0n) is 26.3. The first-order valence-electron chi connectivity index (χ1n) is 15.2. The first-order valence-corrected chi connectivity index (χ1v) is 16.2. The van der Waals surface area contributed by atoms with E-state index in [1.54, 1.807) is 6.07 Å². The van der Waals surface area contributed by atoms with Crippen molar-refractivity contribution in [1.29, 1.82) is 0 Å². The molecular weight excluding hydrogens is 576 g/mol. The number of nitrogens with one attached hydrogen (secondary N) is 4. The summed E-state index contributed by atoms with van der Waals surface area (Å²) in [6, 6.07) is 0.338. The van der Waals surface area contributed by atoms with Crippen LogP contribution in [0.2, 0.25) is 0 Å². The fourth-order valence-corrected chi connectivity index (χ4v) is 4.94. The van der Waals surface area contributed by atoms with Gasteiger partial charge in [0.05, 0.1) is 18.8 Å². The van der Waals surface area contributed by atoms with Crippen LogP contribution in [-0.2, 0) is 9.47 Å². The second-order valence-corrected chi connectivity index (χ2v) is 10.3. The molecule has 0 bridgehead atoms. The molecule has 1 aliphatic carbocycles. The van der Waals surface area contributed by atoms with Crippen molar-refractivity contribution in [2.75, 3.05) is 20.3 Å². The summed E-state index contributed by atoms with van der Waals surface area (Å²) in [5, 5.41) is 5.37. The van der Waals surface area contributed by atoms with Crippen molar-refractivity contribution >= 4 is 23.2 Å². The molecule has 3 fully saturated rings. The van der Waals surface area contributed by atoms with Crippen molar-refractivity contribution in [3.8, 4) is 17.7 Å². The molecule has 0 radical (unpaired) electrons. The van der Waals surface area contributed by atoms with Crippen molar-refractivity contribution in [1.82, 2.24) is 26.5 Å². The molecule has 43 heavy (non-hydrogen) atoms. The van der Waals surface area contributed by atoms with Gasteiger partial charge in [-0.3, -0.25) is 4.79 Å². The van der Waals surface area contributed by atoms with Crippen molar-refractivity contribution in [2.24, 2.45) is 5.92 Å². The number of hydrogen-bond acceptors (Lipinski definition) is 9. The van der Waals surface area contributed by atoms with Crippen molar-refractivity contribution < 1.29 is 27.8 Å². The van der Waals surface area contributed by atoms with E-state index in [9.17, 15) is 13.6 Å². The number of aromatic nitrogens is 1. The minimum Gasteiger partial charge on any atom is -0.495 e. The number of dihydropyridines is 1. The maximum Gasteiger partial charge on any atom is 0.261 e. The standard InChI is InChI=1S/C25H29F2N5O4S.3C2H6/c1-34-20-12-28-19(23(26)27)9-17(20)16-10-21(36-13-15-3-2-8-35-15)29-11-18(16)24(33)30-25-32-31-22(37-25)7-6-14-4-5-14;3*1-2/h9-12,14-15,19,22-23,25,28,31-32H,2-5,8,13H2,1H3,(H,30,33);3*1-2H3. The number of hydrazine groups is 1. The summed E-state index contributed by atoms with van der Waals surface area (Å²) < 4.78 is 44.0. The molecule has 1 amide bonds. The molecule has 5 rings (SSSR count). The molecule has 12 heteroatoms. The van der Waals surface area contributed by atoms with Gasteiger partial charge in [-0.05, 0) is 31.8 Å². The van der Waals surface area contributed by atoms with Crippen LogP contribution in [0.4, 0.5) is 8.78 Å². The highest BCUT2D eigenvalue weighted by molar-refractivity contribution is 8.00. The highest BCUT2D eigenvalue weighted by atomic mass is 32.2. The van der Waals surface area contributed by atoms with Gasteiger partial charge in [0.1, 0.15) is 29.3 Å². The number of amides is 1. The number of rotatable bonds is 8. The van der Waals surface area contributed by atoms with Crippen LogP contribution < -0.4 is 26.2 Å². The lowest BCUT2D eigenvalue weighted by atomic mass is 9.95. The SMILES string of the molecule is CC.CC.CC.COC1=CNC(C(F)F)C=C1c1cc(OCC2CCCO2)ncc1C(=O)NC1NNC(C#CC2CC2)S1. The number of alkyl halides is 2. The highest BCUT2D eigenvalue weighted by Gasteiger charge is 2.30. The van der Waals surface area contributed by atoms with Crippen molar-refractivity contribution in [2.45, 2.75) is 96.7 Å². The van der Waals surface area contributed by atoms with Gasteiger partial charge in [-0.1, -0.05) is 65.1 Å². The van der Waals surface area contributed by atoms with E-state index in [2.05, 4.69) is 38.3 Å². The van der Waals surface area contributed by atoms with E-state index in [4.69, 9.17) is 14.2 Å². The van der Waals surface area contributed by atoms with Crippen molar-refractivity contribution in [3.63, 3.8) is 0 Å². The molecule has 1 aromatic heterocycles. The first-order chi connectivity index (χ1) is 21.0. The fraction of sp³-hybridized carbons (Fsp3) is 0.613. The Labute approximate surface area is 259 Å². The van der Waals surface area contributed by atoms with Gasteiger partial charge in [0, 0.05) is 42.1 Å². The smallest absolute Gasteiger partial charge is 0.261 e. The Morgan fingerprint density at radius 3 is 2.53 bits per heavy atom. The lowest BCUT2D eigenvalue weighted by Crippen LogP contribution is -2.43. The average Bonchev–Trinajstić information content (AvgIpc) is 3.53. The molecule has 1 saturated carbocycles. The van der Waals surface area contributed by atoms with Crippen LogP contribution in [-0.4, -0.2) is 60.7 Å². The van der Waals surface area contributed by atoms with E-state index in [0.717, 1.165) is 25.7 Å². The molecule has 1 aromatic rings. The number of nitrogens with zero attached hydrogens (tertiary/aromatic N) is 1. The molecule has 4 N–H and O–H groups in total. The monoisotopic (exact) mass is 623 g/mol. The first kappa shape index (κ1) is 36.3. The summed E-state index contributed by atoms with van der Waals surface area (Å²) >= 11 is 1.43. The molecule has 0 spiro atoms. The van der Waals surface area contributed by atoms with Gasteiger partial charge in [-0.15, -0.1) is 0 Å². The quantitative estimate of drug-likeness (QED) is 0.283. The Morgan fingerprint density at radius 2 is 1.91 bits per heavy atom. The number of thioether (sulfide) groups is 1. The molecule has 3 aliphatic heterocycles. The largest absolute Gasteiger partial charge is 0.495 e. The van der Waals surface area contributed by atoms with Crippen LogP contribution in [0, 0.1) is 17.8 Å². The summed E-state index contributed by atoms with van der Waals surface area (Å²) in [6.45, 7) is 13.0. The zero-order chi connectivity index (χ0) is 31.8. The Balaban J connectivity index is 0.00000101. The number of carbonyl (C=O) groups excluding carboxylic acids is 1. The van der Waals surface area contributed by atoms with E-state index in [0.29, 0.717) is 36.0 Å². The number of hydrogen-bond donors (Lipinski definition) is 4. The second kappa shape index (κ2) is 19.4. The number of allylic oxidation sites excluding steroid dienone is 1. The Bertz CT molecular complexity index is 1130. The minimum absolute atomic E-state index is 0.0297. The molecule has 4 heterocycles. The number of carbonyl (C=O) groups is 1. The third kappa shape index (κ3) is 11.0. The van der Waals surface area contributed by atoms with Crippen LogP contribution in [0.5, 0.6) is 5.88 Å². The Morgan fingerprint density at radius 1 is 1.16 bits per heavy atom. The summed E-state index contributed by atoms with van der Waals surface area (Å²) in [5.74, 6) is 6.98. The topological polar surface area (TPSA) is 106 Å². The van der Waals surface area contributed by atoms with E-state index >= 15 is 0 Å². The van der Waals surface area contributed by atoms with Crippen LogP contribution >= 0.6 is 11.8 Å². The van der Waals surface area contributed by atoms with E-state index in [1.165, 1.54) is 37.3 Å². The van der Waals surface area contributed by atoms with Crippen LogP contribution in [0.1, 0.15) is 83.1 Å². The molecular formula is C31H47F2N5O4S. The van der Waals surface area contributed by atoms with Gasteiger partial charge < -0.3 is 24.8 Å². The normalized spacial score (nSPS) is 23.7. The van der Waals surface area contributed by atoms with Crippen molar-refractivity contribution in [3.05, 3.63) is 41.4 Å². The molecule has 9 nitrogen and oxygen atoms in total. The van der Waals surface area contributed by atoms with E-state index in [1.807, 2.05) is 41.5 Å². The van der Waals surface area contributed by atoms with Gasteiger partial charge in [0.15, 0.2) is 0 Å². The van der Waals surface area contributed by atoms with Gasteiger partial charge >= 0.3 is 0 Å². The van der Waals surface area contributed by atoms with Gasteiger partial charge in [-0.25, -0.2) is 24.6 Å². The fourth-order valence-electron chi connectivity index (χ4n) is 4.08. The number of halogens is 2. The Hall–Kier alpha value is -2.85. The lowest BCUT2D eigenvalue weighted by molar-refractivity contribution is 0.0663. The summed E-state index contributed by atoms with van der Waals surface area (Å²) in [5.41, 5.74) is 6.55. The number of methoxy groups -OCH3 is 1. The summed E-state index contributed by atoms with van der Waals surface area (Å²) in [6.07, 6.45) is 5.57. The molecule has 240 valence electrons. The van der Waals surface area contributed by atoms with Gasteiger partial charge in [0.25, 0.3) is 12.3 Å². The van der Waals surface area contributed by atoms with Crippen LogP contribution in [0.15, 0.2) is 30.3 Å². The third-order valence-electron chi connectivity index (χ3n) is 6.24. The van der Waals surface area contributed by atoms with Crippen LogP contribution in [0.25, 0.3) is 5.57 Å². The molecule has 4 atom stereocenters. The van der Waals surface area contributed by atoms with Gasteiger partial charge in [0.2, 0.25) is 5.88 Å². The Kier molecular flexibility index (Phi) is 16.4. The summed E-state index contributed by atoms with van der Waals surface area (Å²) in [4.78, 5) is 17.7. The predicted octanol–water partition coefficient (Wildman–Crippen LogP) is 5.42. The maximum absolute atomic E-state index is 13.6. The highest BCUT2D eigenvalue weighted by Crippen LogP contribution is 2.33. The maximum atomic E-state index is 13.6. The van der Waals surface area contributed by atoms with E-state index < -0.39 is 23.9 Å². The average molecular weight is 624 g/mol.